The van der Waals surface area contributed by atoms with Crippen LogP contribution in [0.2, 0.25) is 0 Å². The zero-order valence-corrected chi connectivity index (χ0v) is 19.3. The van der Waals surface area contributed by atoms with Crippen LogP contribution in [-0.4, -0.2) is 16.8 Å². The molecule has 0 atom stereocenters. The topological polar surface area (TPSA) is 62.3 Å². The molecule has 3 rings (SSSR count). The van der Waals surface area contributed by atoms with Gasteiger partial charge in [0.1, 0.15) is 0 Å². The summed E-state index contributed by atoms with van der Waals surface area (Å²) in [5.41, 5.74) is 3.34. The van der Waals surface area contributed by atoms with E-state index in [0.717, 1.165) is 50.7 Å². The van der Waals surface area contributed by atoms with Crippen LogP contribution < -0.4 is 10.2 Å². The van der Waals surface area contributed by atoms with Gasteiger partial charge in [-0.2, -0.15) is 13.2 Å². The van der Waals surface area contributed by atoms with E-state index in [0.29, 0.717) is 5.69 Å². The van der Waals surface area contributed by atoms with Crippen LogP contribution in [0.25, 0.3) is 6.08 Å². The van der Waals surface area contributed by atoms with E-state index in [1.807, 2.05) is 32.9 Å². The average Bonchev–Trinajstić information content (AvgIpc) is 3.17. The molecule has 0 saturated heterocycles. The smallest absolute Gasteiger partial charge is 0.322 e. The van der Waals surface area contributed by atoms with E-state index in [1.165, 1.54) is 31.2 Å². The maximum atomic E-state index is 13.1. The highest BCUT2D eigenvalue weighted by Crippen LogP contribution is 2.35. The van der Waals surface area contributed by atoms with Crippen molar-refractivity contribution in [1.82, 2.24) is 4.98 Å². The van der Waals surface area contributed by atoms with Gasteiger partial charge in [-0.15, -0.1) is 11.3 Å². The molecular weight excluding hydrogens is 451 g/mol. The van der Waals surface area contributed by atoms with Crippen molar-refractivity contribution in [2.45, 2.75) is 33.9 Å². The van der Waals surface area contributed by atoms with Crippen LogP contribution in [0.4, 0.5) is 29.7 Å². The number of nitrogens with zero attached hydrogens (tertiary/aromatic N) is 2. The van der Waals surface area contributed by atoms with Crippen molar-refractivity contribution < 1.29 is 22.8 Å². The molecule has 3 aromatic rings. The van der Waals surface area contributed by atoms with Gasteiger partial charge in [0.15, 0.2) is 5.13 Å². The molecule has 172 valence electrons. The third-order valence-electron chi connectivity index (χ3n) is 4.78. The quantitative estimate of drug-likeness (QED) is 0.435. The number of alkyl halides is 3. The summed E-state index contributed by atoms with van der Waals surface area (Å²) >= 11 is 1.09. The minimum absolute atomic E-state index is 0.0604. The molecule has 9 heteroatoms. The monoisotopic (exact) mass is 473 g/mol. The van der Waals surface area contributed by atoms with Crippen LogP contribution in [0.3, 0.4) is 0 Å². The lowest BCUT2D eigenvalue weighted by Crippen LogP contribution is -2.23. The molecule has 0 bridgehead atoms. The molecule has 33 heavy (non-hydrogen) atoms. The van der Waals surface area contributed by atoms with Gasteiger partial charge in [0, 0.05) is 24.1 Å². The van der Waals surface area contributed by atoms with Gasteiger partial charge in [0.2, 0.25) is 11.8 Å². The second kappa shape index (κ2) is 9.58. The first-order chi connectivity index (χ1) is 15.5. The zero-order chi connectivity index (χ0) is 24.3. The molecule has 0 radical (unpaired) electrons. The number of aromatic nitrogens is 1. The van der Waals surface area contributed by atoms with Crippen molar-refractivity contribution in [2.75, 3.05) is 10.2 Å². The predicted molar refractivity (Wildman–Crippen MR) is 125 cm³/mol. The number of aryl methyl sites for hydroxylation is 3. The molecule has 1 aromatic heterocycles. The summed E-state index contributed by atoms with van der Waals surface area (Å²) < 4.78 is 39.2. The van der Waals surface area contributed by atoms with E-state index in [-0.39, 0.29) is 16.7 Å². The molecule has 1 N–H and O–H groups in total. The Morgan fingerprint density at radius 3 is 2.36 bits per heavy atom. The predicted octanol–water partition coefficient (Wildman–Crippen LogP) is 6.42. The van der Waals surface area contributed by atoms with Crippen molar-refractivity contribution in [2.24, 2.45) is 0 Å². The summed E-state index contributed by atoms with van der Waals surface area (Å²) in [6, 6.07) is 8.44. The van der Waals surface area contributed by atoms with Crippen molar-refractivity contribution in [3.8, 4) is 0 Å². The van der Waals surface area contributed by atoms with Gasteiger partial charge in [-0.1, -0.05) is 23.8 Å². The lowest BCUT2D eigenvalue weighted by Gasteiger charge is -2.19. The third-order valence-corrected chi connectivity index (χ3v) is 5.62. The molecule has 2 amide bonds. The summed E-state index contributed by atoms with van der Waals surface area (Å²) in [5, 5.41) is 4.67. The Kier molecular flexibility index (Phi) is 7.02. The summed E-state index contributed by atoms with van der Waals surface area (Å²) in [5.74, 6) is -0.830. The van der Waals surface area contributed by atoms with Crippen molar-refractivity contribution >= 4 is 45.7 Å². The van der Waals surface area contributed by atoms with Crippen LogP contribution in [0, 0.1) is 20.8 Å². The largest absolute Gasteiger partial charge is 0.416 e. The molecule has 2 aromatic carbocycles. The molecule has 0 aliphatic carbocycles. The number of benzene rings is 2. The standard InChI is InChI=1S/C24H22F3N3O2S/c1-14-10-15(2)22(16(3)11-14)29-21(32)9-8-19-13-33-23(28-19)30(17(4)31)20-7-5-6-18(12-20)24(25,26)27/h5-13H,1-4H3,(H,29,32). The van der Waals surface area contributed by atoms with Crippen molar-refractivity contribution in [3.05, 3.63) is 75.8 Å². The molecular formula is C24H22F3N3O2S. The van der Waals surface area contributed by atoms with Gasteiger partial charge in [-0.25, -0.2) is 4.98 Å². The lowest BCUT2D eigenvalue weighted by molar-refractivity contribution is -0.137. The number of hydrogen-bond acceptors (Lipinski definition) is 4. The van der Waals surface area contributed by atoms with Crippen LogP contribution in [0.15, 0.2) is 47.9 Å². The summed E-state index contributed by atoms with van der Waals surface area (Å²) in [6.45, 7) is 7.05. The van der Waals surface area contributed by atoms with Crippen molar-refractivity contribution in [3.63, 3.8) is 0 Å². The molecule has 0 fully saturated rings. The minimum Gasteiger partial charge on any atom is -0.322 e. The average molecular weight is 474 g/mol. The highest BCUT2D eigenvalue weighted by Gasteiger charge is 2.31. The van der Waals surface area contributed by atoms with Crippen LogP contribution >= 0.6 is 11.3 Å². The first-order valence-electron chi connectivity index (χ1n) is 9.96. The maximum Gasteiger partial charge on any atom is 0.416 e. The third kappa shape index (κ3) is 5.87. The van der Waals surface area contributed by atoms with Crippen LogP contribution in [0.1, 0.15) is 34.9 Å². The number of amides is 2. The fraction of sp³-hybridized carbons (Fsp3) is 0.208. The van der Waals surface area contributed by atoms with Gasteiger partial charge in [0.05, 0.1) is 16.9 Å². The summed E-state index contributed by atoms with van der Waals surface area (Å²) in [4.78, 5) is 30.0. The normalized spacial score (nSPS) is 11.6. The first-order valence-corrected chi connectivity index (χ1v) is 10.8. The zero-order valence-electron chi connectivity index (χ0n) is 18.4. The highest BCUT2D eigenvalue weighted by atomic mass is 32.1. The Morgan fingerprint density at radius 1 is 1.09 bits per heavy atom. The molecule has 0 spiro atoms. The Labute approximate surface area is 193 Å². The number of anilines is 3. The van der Waals surface area contributed by atoms with Gasteiger partial charge < -0.3 is 5.32 Å². The van der Waals surface area contributed by atoms with E-state index in [9.17, 15) is 22.8 Å². The first kappa shape index (κ1) is 24.2. The number of carbonyl (C=O) groups excluding carboxylic acids is 2. The Balaban J connectivity index is 1.80. The number of halogens is 3. The van der Waals surface area contributed by atoms with Gasteiger partial charge >= 0.3 is 6.18 Å². The summed E-state index contributed by atoms with van der Waals surface area (Å²) in [7, 11) is 0. The summed E-state index contributed by atoms with van der Waals surface area (Å²) in [6.07, 6.45) is -1.73. The van der Waals surface area contributed by atoms with E-state index in [1.54, 1.807) is 5.38 Å². The number of carbonyl (C=O) groups is 2. The molecule has 0 aliphatic rings. The van der Waals surface area contributed by atoms with E-state index >= 15 is 0 Å². The van der Waals surface area contributed by atoms with Gasteiger partial charge in [-0.05, 0) is 56.2 Å². The van der Waals surface area contributed by atoms with E-state index in [2.05, 4.69) is 10.3 Å². The fourth-order valence-electron chi connectivity index (χ4n) is 3.41. The van der Waals surface area contributed by atoms with E-state index < -0.39 is 17.6 Å². The van der Waals surface area contributed by atoms with Gasteiger partial charge in [-0.3, -0.25) is 14.5 Å². The fourth-order valence-corrected chi connectivity index (χ4v) is 4.26. The minimum atomic E-state index is -4.53. The van der Waals surface area contributed by atoms with Crippen LogP contribution in [-0.2, 0) is 15.8 Å². The Morgan fingerprint density at radius 2 is 1.76 bits per heavy atom. The lowest BCUT2D eigenvalue weighted by atomic mass is 10.1. The number of hydrogen-bond donors (Lipinski definition) is 1. The van der Waals surface area contributed by atoms with Gasteiger partial charge in [0.25, 0.3) is 0 Å². The second-order valence-corrected chi connectivity index (χ2v) is 8.39. The molecule has 0 unspecified atom stereocenters. The molecule has 5 nitrogen and oxygen atoms in total. The maximum absolute atomic E-state index is 13.1. The molecule has 1 heterocycles. The van der Waals surface area contributed by atoms with E-state index in [4.69, 9.17) is 0 Å². The van der Waals surface area contributed by atoms with Crippen molar-refractivity contribution in [1.29, 1.82) is 0 Å². The highest BCUT2D eigenvalue weighted by molar-refractivity contribution is 7.14. The molecule has 0 aliphatic heterocycles. The Hall–Kier alpha value is -3.46. The van der Waals surface area contributed by atoms with Crippen LogP contribution in [0.5, 0.6) is 0 Å². The number of thiazole rings is 1. The SMILES string of the molecule is CC(=O)N(c1cccc(C(F)(F)F)c1)c1nc(C=CC(=O)Nc2c(C)cc(C)cc2C)cs1. The number of nitrogens with one attached hydrogen (secondary N) is 1. The number of rotatable bonds is 5. The second-order valence-electron chi connectivity index (χ2n) is 7.55. The Bertz CT molecular complexity index is 1210. The molecule has 0 saturated carbocycles.